The fraction of sp³-hybridized carbons (Fsp3) is 0.0833. The van der Waals surface area contributed by atoms with Gasteiger partial charge in [-0.05, 0) is 19.1 Å². The van der Waals surface area contributed by atoms with Gasteiger partial charge < -0.3 is 9.40 Å². The second-order valence-electron chi connectivity index (χ2n) is 3.73. The van der Waals surface area contributed by atoms with Gasteiger partial charge >= 0.3 is 0 Å². The number of aryl methyl sites for hydroxylation is 1. The summed E-state index contributed by atoms with van der Waals surface area (Å²) >= 11 is 0. The molecule has 0 radical (unpaired) electrons. The number of furan rings is 1. The Morgan fingerprint density at radius 2 is 2.12 bits per heavy atom. The van der Waals surface area contributed by atoms with Crippen molar-refractivity contribution in [2.24, 2.45) is 0 Å². The summed E-state index contributed by atoms with van der Waals surface area (Å²) in [7, 11) is 0. The van der Waals surface area contributed by atoms with Crippen LogP contribution in [-0.4, -0.2) is 15.0 Å². The van der Waals surface area contributed by atoms with Gasteiger partial charge in [-0.3, -0.25) is 4.79 Å². The van der Waals surface area contributed by atoms with E-state index >= 15 is 0 Å². The molecule has 0 atom stereocenters. The van der Waals surface area contributed by atoms with Crippen molar-refractivity contribution in [3.05, 3.63) is 46.8 Å². The number of rotatable bonds is 1. The Morgan fingerprint density at radius 1 is 1.24 bits per heavy atom. The van der Waals surface area contributed by atoms with Crippen LogP contribution < -0.4 is 5.56 Å². The smallest absolute Gasteiger partial charge is 0.249 e. The average molecular weight is 227 g/mol. The van der Waals surface area contributed by atoms with Crippen LogP contribution in [0.3, 0.4) is 0 Å². The van der Waals surface area contributed by atoms with E-state index in [1.54, 1.807) is 24.7 Å². The van der Waals surface area contributed by atoms with Crippen LogP contribution >= 0.6 is 0 Å². The molecule has 0 unspecified atom stereocenters. The molecule has 1 N–H and O–H groups in total. The highest BCUT2D eigenvalue weighted by atomic mass is 16.3. The van der Waals surface area contributed by atoms with Crippen LogP contribution in [0.4, 0.5) is 0 Å². The van der Waals surface area contributed by atoms with E-state index in [1.165, 1.54) is 6.07 Å². The van der Waals surface area contributed by atoms with Gasteiger partial charge in [0.2, 0.25) is 5.56 Å². The van der Waals surface area contributed by atoms with Crippen LogP contribution in [0.1, 0.15) is 5.69 Å². The van der Waals surface area contributed by atoms with Gasteiger partial charge in [0.1, 0.15) is 11.9 Å². The van der Waals surface area contributed by atoms with Crippen LogP contribution in [0, 0.1) is 6.92 Å². The van der Waals surface area contributed by atoms with Crippen LogP contribution in [0.25, 0.3) is 22.4 Å². The fourth-order valence-corrected chi connectivity index (χ4v) is 1.71. The normalized spacial score (nSPS) is 10.9. The third-order valence-corrected chi connectivity index (χ3v) is 2.56. The van der Waals surface area contributed by atoms with E-state index in [-0.39, 0.29) is 5.56 Å². The summed E-state index contributed by atoms with van der Waals surface area (Å²) in [4.78, 5) is 22.6. The number of hydrogen-bond donors (Lipinski definition) is 1. The minimum Gasteiger partial charge on any atom is -0.472 e. The molecule has 3 heterocycles. The highest BCUT2D eigenvalue weighted by Crippen LogP contribution is 2.19. The molecule has 0 bridgehead atoms. The molecular formula is C12H9N3O2. The van der Waals surface area contributed by atoms with Crippen molar-refractivity contribution in [2.75, 3.05) is 0 Å². The monoisotopic (exact) mass is 227 g/mol. The van der Waals surface area contributed by atoms with Gasteiger partial charge in [0.25, 0.3) is 0 Å². The summed E-state index contributed by atoms with van der Waals surface area (Å²) in [5.74, 6) is 0.547. The maximum Gasteiger partial charge on any atom is 0.249 e. The third-order valence-electron chi connectivity index (χ3n) is 2.56. The number of nitrogens with zero attached hydrogens (tertiary/aromatic N) is 2. The molecule has 0 spiro atoms. The number of fused-ring (bicyclic) bond motifs is 1. The number of nitrogens with one attached hydrogen (secondary N) is 1. The first-order chi connectivity index (χ1) is 8.24. The molecule has 0 saturated heterocycles. The minimum atomic E-state index is -0.172. The summed E-state index contributed by atoms with van der Waals surface area (Å²) in [5, 5.41) is 0.844. The molecule has 0 aromatic carbocycles. The van der Waals surface area contributed by atoms with Crippen molar-refractivity contribution in [2.45, 2.75) is 6.92 Å². The van der Waals surface area contributed by atoms with Gasteiger partial charge in [-0.25, -0.2) is 9.97 Å². The molecule has 84 valence electrons. The number of pyridine rings is 1. The first-order valence-electron chi connectivity index (χ1n) is 5.14. The molecular weight excluding hydrogens is 218 g/mol. The molecule has 0 aliphatic heterocycles. The number of aromatic amines is 1. The molecule has 5 heteroatoms. The minimum absolute atomic E-state index is 0.172. The Hall–Kier alpha value is -2.43. The lowest BCUT2D eigenvalue weighted by molar-refractivity contribution is 0.568. The van der Waals surface area contributed by atoms with Crippen molar-refractivity contribution in [3.8, 4) is 11.4 Å². The Bertz CT molecular complexity index is 729. The molecule has 3 aromatic rings. The zero-order chi connectivity index (χ0) is 11.8. The van der Waals surface area contributed by atoms with Crippen molar-refractivity contribution in [1.82, 2.24) is 15.0 Å². The number of H-pyrrole nitrogens is 1. The summed E-state index contributed by atoms with van der Waals surface area (Å²) < 4.78 is 4.99. The van der Waals surface area contributed by atoms with Crippen molar-refractivity contribution in [1.29, 1.82) is 0 Å². The fourth-order valence-electron chi connectivity index (χ4n) is 1.71. The van der Waals surface area contributed by atoms with Gasteiger partial charge in [0.05, 0.1) is 17.5 Å². The largest absolute Gasteiger partial charge is 0.472 e. The zero-order valence-corrected chi connectivity index (χ0v) is 9.10. The van der Waals surface area contributed by atoms with Gasteiger partial charge in [-0.15, -0.1) is 0 Å². The third kappa shape index (κ3) is 1.61. The van der Waals surface area contributed by atoms with Gasteiger partial charge in [0.15, 0.2) is 5.82 Å². The van der Waals surface area contributed by atoms with E-state index in [0.717, 1.165) is 16.6 Å². The van der Waals surface area contributed by atoms with Crippen LogP contribution in [0.15, 0.2) is 39.9 Å². The quantitative estimate of drug-likeness (QED) is 0.689. The lowest BCUT2D eigenvalue weighted by atomic mass is 10.2. The van der Waals surface area contributed by atoms with Crippen molar-refractivity contribution < 1.29 is 4.42 Å². The predicted molar refractivity (Wildman–Crippen MR) is 62.6 cm³/mol. The first-order valence-corrected chi connectivity index (χ1v) is 5.14. The Balaban J connectivity index is 2.33. The standard InChI is InChI=1S/C12H9N3O2/c1-7-9-2-3-10(16)14-12(9)15-11(13-7)8-4-5-17-6-8/h2-6H,1H3,(H,13,14,15,16). The molecule has 3 rings (SSSR count). The van der Waals surface area contributed by atoms with E-state index in [1.807, 2.05) is 6.92 Å². The molecule has 0 amide bonds. The maximum atomic E-state index is 11.3. The van der Waals surface area contributed by atoms with E-state index in [4.69, 9.17) is 4.42 Å². The summed E-state index contributed by atoms with van der Waals surface area (Å²) in [6, 6.07) is 4.97. The lowest BCUT2D eigenvalue weighted by Crippen LogP contribution is -2.05. The van der Waals surface area contributed by atoms with Crippen molar-refractivity contribution >= 4 is 11.0 Å². The van der Waals surface area contributed by atoms with Gasteiger partial charge in [-0.1, -0.05) is 0 Å². The van der Waals surface area contributed by atoms with E-state index in [2.05, 4.69) is 15.0 Å². The van der Waals surface area contributed by atoms with E-state index < -0.39 is 0 Å². The van der Waals surface area contributed by atoms with E-state index in [0.29, 0.717) is 11.5 Å². The van der Waals surface area contributed by atoms with Crippen LogP contribution in [0.5, 0.6) is 0 Å². The van der Waals surface area contributed by atoms with Gasteiger partial charge in [-0.2, -0.15) is 0 Å². The van der Waals surface area contributed by atoms with Crippen LogP contribution in [-0.2, 0) is 0 Å². The summed E-state index contributed by atoms with van der Waals surface area (Å²) in [6.45, 7) is 1.88. The maximum absolute atomic E-state index is 11.3. The van der Waals surface area contributed by atoms with Gasteiger partial charge in [0, 0.05) is 11.5 Å². The van der Waals surface area contributed by atoms with Crippen molar-refractivity contribution in [3.63, 3.8) is 0 Å². The predicted octanol–water partition coefficient (Wildman–Crippen LogP) is 1.89. The average Bonchev–Trinajstić information content (AvgIpc) is 2.81. The molecule has 3 aromatic heterocycles. The number of hydrogen-bond acceptors (Lipinski definition) is 4. The SMILES string of the molecule is Cc1nc(-c2ccoc2)nc2[nH]c(=O)ccc12. The second-order valence-corrected chi connectivity index (χ2v) is 3.73. The second kappa shape index (κ2) is 3.55. The molecule has 17 heavy (non-hydrogen) atoms. The Kier molecular flexibility index (Phi) is 2.04. The summed E-state index contributed by atoms with van der Waals surface area (Å²) in [6.07, 6.45) is 3.13. The lowest BCUT2D eigenvalue weighted by Gasteiger charge is -2.03. The highest BCUT2D eigenvalue weighted by Gasteiger charge is 2.07. The van der Waals surface area contributed by atoms with E-state index in [9.17, 15) is 4.79 Å². The molecule has 0 aliphatic carbocycles. The number of aromatic nitrogens is 3. The molecule has 5 nitrogen and oxygen atoms in total. The molecule has 0 aliphatic rings. The Morgan fingerprint density at radius 3 is 2.88 bits per heavy atom. The van der Waals surface area contributed by atoms with Crippen LogP contribution in [0.2, 0.25) is 0 Å². The Labute approximate surface area is 96.1 Å². The first kappa shape index (κ1) is 9.77. The molecule has 0 fully saturated rings. The summed E-state index contributed by atoms with van der Waals surface area (Å²) in [5.41, 5.74) is 1.98. The highest BCUT2D eigenvalue weighted by molar-refractivity contribution is 5.78. The molecule has 0 saturated carbocycles. The topological polar surface area (TPSA) is 71.8 Å². The zero-order valence-electron chi connectivity index (χ0n) is 9.10.